The smallest absolute Gasteiger partial charge is 0.191 e. The van der Waals surface area contributed by atoms with Gasteiger partial charge in [0.25, 0.3) is 0 Å². The minimum absolute atomic E-state index is 0.427. The van der Waals surface area contributed by atoms with Gasteiger partial charge in [0.1, 0.15) is 6.54 Å². The topological polar surface area (TPSA) is 66.6 Å². The van der Waals surface area contributed by atoms with Crippen molar-refractivity contribution in [1.82, 2.24) is 25.2 Å². The number of pyridine rings is 1. The van der Waals surface area contributed by atoms with Gasteiger partial charge in [-0.2, -0.15) is 0 Å². The summed E-state index contributed by atoms with van der Waals surface area (Å²) in [4.78, 5) is 7.64. The van der Waals surface area contributed by atoms with E-state index in [4.69, 9.17) is 4.99 Å². The Labute approximate surface area is 170 Å². The molecule has 0 fully saturated rings. The fourth-order valence-electron chi connectivity index (χ4n) is 3.69. The fourth-order valence-corrected chi connectivity index (χ4v) is 4.82. The first-order valence-corrected chi connectivity index (χ1v) is 10.8. The van der Waals surface area contributed by atoms with Crippen LogP contribution in [0.25, 0.3) is 5.65 Å². The Morgan fingerprint density at radius 3 is 3.04 bits per heavy atom. The molecule has 0 spiro atoms. The lowest BCUT2D eigenvalue weighted by Gasteiger charge is -2.29. The molecule has 0 aromatic carbocycles. The van der Waals surface area contributed by atoms with Gasteiger partial charge >= 0.3 is 0 Å². The number of thiophene rings is 1. The quantitative estimate of drug-likeness (QED) is 0.511. The van der Waals surface area contributed by atoms with Crippen LogP contribution in [-0.2, 0) is 25.9 Å². The second-order valence-electron chi connectivity index (χ2n) is 8.10. The summed E-state index contributed by atoms with van der Waals surface area (Å²) in [6.45, 7) is 8.92. The molecular formula is C21H28N6S. The van der Waals surface area contributed by atoms with E-state index in [0.29, 0.717) is 12.0 Å². The molecule has 0 radical (unpaired) electrons. The number of nitrogens with zero attached hydrogens (tertiary/aromatic N) is 4. The number of aromatic nitrogens is 3. The van der Waals surface area contributed by atoms with Crippen molar-refractivity contribution in [3.63, 3.8) is 0 Å². The van der Waals surface area contributed by atoms with E-state index >= 15 is 0 Å². The van der Waals surface area contributed by atoms with Crippen molar-refractivity contribution in [3.8, 4) is 0 Å². The maximum Gasteiger partial charge on any atom is 0.191 e. The summed E-state index contributed by atoms with van der Waals surface area (Å²) in [5.41, 5.74) is 2.81. The predicted molar refractivity (Wildman–Crippen MR) is 115 cm³/mol. The molecular weight excluding hydrogens is 368 g/mol. The molecule has 28 heavy (non-hydrogen) atoms. The van der Waals surface area contributed by atoms with Crippen molar-refractivity contribution in [2.45, 2.75) is 53.1 Å². The first-order chi connectivity index (χ1) is 13.5. The van der Waals surface area contributed by atoms with Crippen molar-refractivity contribution >= 4 is 22.9 Å². The summed E-state index contributed by atoms with van der Waals surface area (Å²) in [6.07, 6.45) is 5.65. The van der Waals surface area contributed by atoms with Gasteiger partial charge in [0.2, 0.25) is 0 Å². The van der Waals surface area contributed by atoms with Crippen LogP contribution in [0.2, 0.25) is 0 Å². The summed E-state index contributed by atoms with van der Waals surface area (Å²) < 4.78 is 1.97. The van der Waals surface area contributed by atoms with Crippen molar-refractivity contribution in [3.05, 3.63) is 51.6 Å². The van der Waals surface area contributed by atoms with E-state index in [-0.39, 0.29) is 0 Å². The molecule has 3 aromatic rings. The van der Waals surface area contributed by atoms with E-state index < -0.39 is 0 Å². The van der Waals surface area contributed by atoms with Gasteiger partial charge in [-0.25, -0.2) is 4.99 Å². The SMILES string of the molecule is CCNC(=NCc1nnc2ccccn12)NCc1cc2c(s1)CCC(C)(C)C2. The third kappa shape index (κ3) is 4.19. The Kier molecular flexibility index (Phi) is 5.35. The van der Waals surface area contributed by atoms with E-state index in [9.17, 15) is 0 Å². The number of guanidine groups is 1. The number of hydrogen-bond acceptors (Lipinski definition) is 4. The van der Waals surface area contributed by atoms with Crippen molar-refractivity contribution in [2.75, 3.05) is 6.54 Å². The molecule has 0 amide bonds. The Morgan fingerprint density at radius 1 is 1.29 bits per heavy atom. The average Bonchev–Trinajstić information content (AvgIpc) is 3.26. The van der Waals surface area contributed by atoms with Gasteiger partial charge in [0.05, 0.1) is 6.54 Å². The summed E-state index contributed by atoms with van der Waals surface area (Å²) >= 11 is 1.94. The lowest BCUT2D eigenvalue weighted by atomic mass is 9.77. The van der Waals surface area contributed by atoms with Gasteiger partial charge in [-0.05, 0) is 55.4 Å². The fraction of sp³-hybridized carbons (Fsp3) is 0.476. The highest BCUT2D eigenvalue weighted by Gasteiger charge is 2.26. The van der Waals surface area contributed by atoms with E-state index in [1.807, 2.05) is 40.1 Å². The minimum atomic E-state index is 0.427. The molecule has 6 nitrogen and oxygen atoms in total. The summed E-state index contributed by atoms with van der Waals surface area (Å²) in [7, 11) is 0. The Morgan fingerprint density at radius 2 is 2.18 bits per heavy atom. The largest absolute Gasteiger partial charge is 0.357 e. The lowest BCUT2D eigenvalue weighted by molar-refractivity contribution is 0.318. The van der Waals surface area contributed by atoms with Crippen LogP contribution in [-0.4, -0.2) is 27.1 Å². The number of nitrogens with one attached hydrogen (secondary N) is 2. The van der Waals surface area contributed by atoms with Crippen LogP contribution in [0.3, 0.4) is 0 Å². The third-order valence-electron chi connectivity index (χ3n) is 5.18. The summed E-state index contributed by atoms with van der Waals surface area (Å²) in [5.74, 6) is 1.64. The lowest BCUT2D eigenvalue weighted by Crippen LogP contribution is -2.36. The van der Waals surface area contributed by atoms with E-state index in [1.54, 1.807) is 4.88 Å². The number of aliphatic imine (C=N–C) groups is 1. The predicted octanol–water partition coefficient (Wildman–Crippen LogP) is 3.56. The van der Waals surface area contributed by atoms with Gasteiger partial charge < -0.3 is 10.6 Å². The molecule has 0 bridgehead atoms. The maximum atomic E-state index is 4.70. The van der Waals surface area contributed by atoms with E-state index in [1.165, 1.54) is 29.7 Å². The first kappa shape index (κ1) is 18.9. The number of fused-ring (bicyclic) bond motifs is 2. The number of aryl methyl sites for hydroxylation is 1. The van der Waals surface area contributed by atoms with Crippen LogP contribution in [0, 0.1) is 5.41 Å². The maximum absolute atomic E-state index is 4.70. The minimum Gasteiger partial charge on any atom is -0.357 e. The molecule has 1 aliphatic rings. The number of hydrogen-bond donors (Lipinski definition) is 2. The Balaban J connectivity index is 1.43. The highest BCUT2D eigenvalue weighted by molar-refractivity contribution is 7.12. The second-order valence-corrected chi connectivity index (χ2v) is 9.32. The normalized spacial score (nSPS) is 16.2. The monoisotopic (exact) mass is 396 g/mol. The van der Waals surface area contributed by atoms with E-state index in [0.717, 1.165) is 30.5 Å². The highest BCUT2D eigenvalue weighted by Crippen LogP contribution is 2.38. The third-order valence-corrected chi connectivity index (χ3v) is 6.42. The molecule has 0 unspecified atom stereocenters. The second kappa shape index (κ2) is 7.91. The van der Waals surface area contributed by atoms with Crippen LogP contribution in [0.4, 0.5) is 0 Å². The Bertz CT molecular complexity index is 984. The zero-order chi connectivity index (χ0) is 19.6. The summed E-state index contributed by atoms with van der Waals surface area (Å²) in [5, 5.41) is 15.2. The molecule has 0 aliphatic heterocycles. The zero-order valence-corrected chi connectivity index (χ0v) is 17.6. The highest BCUT2D eigenvalue weighted by atomic mass is 32.1. The molecule has 4 rings (SSSR count). The van der Waals surface area contributed by atoms with Crippen LogP contribution in [0.1, 0.15) is 48.3 Å². The van der Waals surface area contributed by atoms with E-state index in [2.05, 4.69) is 47.7 Å². The van der Waals surface area contributed by atoms with Gasteiger partial charge in [-0.3, -0.25) is 4.40 Å². The molecule has 148 valence electrons. The summed E-state index contributed by atoms with van der Waals surface area (Å²) in [6, 6.07) is 8.27. The molecule has 0 saturated carbocycles. The molecule has 0 saturated heterocycles. The molecule has 0 atom stereocenters. The number of rotatable bonds is 5. The zero-order valence-electron chi connectivity index (χ0n) is 16.8. The molecule has 3 heterocycles. The van der Waals surface area contributed by atoms with Crippen LogP contribution in [0.15, 0.2) is 35.5 Å². The molecule has 1 aliphatic carbocycles. The van der Waals surface area contributed by atoms with Crippen LogP contribution >= 0.6 is 11.3 Å². The first-order valence-electron chi connectivity index (χ1n) is 9.95. The van der Waals surface area contributed by atoms with Gasteiger partial charge in [0.15, 0.2) is 17.4 Å². The van der Waals surface area contributed by atoms with Crippen molar-refractivity contribution in [2.24, 2.45) is 10.4 Å². The Hall–Kier alpha value is -2.41. The molecule has 7 heteroatoms. The van der Waals surface area contributed by atoms with Crippen molar-refractivity contribution in [1.29, 1.82) is 0 Å². The average molecular weight is 397 g/mol. The van der Waals surface area contributed by atoms with Crippen LogP contribution in [0.5, 0.6) is 0 Å². The standard InChI is InChI=1S/C21H28N6S/c1-4-22-20(24-14-19-26-25-18-7-5-6-10-27(18)19)23-13-16-11-15-12-21(2,3)9-8-17(15)28-16/h5-7,10-11H,4,8-9,12-14H2,1-3H3,(H2,22,23,24). The van der Waals surface area contributed by atoms with Crippen LogP contribution < -0.4 is 10.6 Å². The molecule has 3 aromatic heterocycles. The van der Waals surface area contributed by atoms with Gasteiger partial charge in [0, 0.05) is 22.5 Å². The van der Waals surface area contributed by atoms with Gasteiger partial charge in [-0.1, -0.05) is 19.9 Å². The van der Waals surface area contributed by atoms with Gasteiger partial charge in [-0.15, -0.1) is 21.5 Å². The molecule has 2 N–H and O–H groups in total. The van der Waals surface area contributed by atoms with Crippen molar-refractivity contribution < 1.29 is 0 Å².